The van der Waals surface area contributed by atoms with Gasteiger partial charge in [-0.1, -0.05) is 242 Å². The van der Waals surface area contributed by atoms with Crippen LogP contribution in [0.15, 0.2) is 60.8 Å². The van der Waals surface area contributed by atoms with Crippen molar-refractivity contribution >= 4 is 17.9 Å². The number of rotatable bonds is 51. The number of ether oxygens (including phenoxy) is 3. The highest BCUT2D eigenvalue weighted by Crippen LogP contribution is 2.16. The first-order valence-electron chi connectivity index (χ1n) is 28.3. The van der Waals surface area contributed by atoms with Gasteiger partial charge in [-0.05, 0) is 83.5 Å². The van der Waals surface area contributed by atoms with Crippen molar-refractivity contribution in [3.63, 3.8) is 0 Å². The summed E-state index contributed by atoms with van der Waals surface area (Å²) in [5.41, 5.74) is 0. The minimum atomic E-state index is -0.787. The van der Waals surface area contributed by atoms with Crippen molar-refractivity contribution in [3.05, 3.63) is 60.8 Å². The largest absolute Gasteiger partial charge is 0.462 e. The van der Waals surface area contributed by atoms with Crippen LogP contribution in [0, 0.1) is 0 Å². The average molecular weight is 924 g/mol. The van der Waals surface area contributed by atoms with Gasteiger partial charge in [0.1, 0.15) is 13.2 Å². The highest BCUT2D eigenvalue weighted by molar-refractivity contribution is 5.71. The second-order valence-electron chi connectivity index (χ2n) is 18.8. The molecular weight excluding hydrogens is 817 g/mol. The molecule has 66 heavy (non-hydrogen) atoms. The lowest BCUT2D eigenvalue weighted by molar-refractivity contribution is -0.167. The summed E-state index contributed by atoms with van der Waals surface area (Å²) in [6, 6.07) is 0. The third-order valence-corrected chi connectivity index (χ3v) is 12.3. The molecule has 0 saturated heterocycles. The molecule has 1 unspecified atom stereocenters. The maximum Gasteiger partial charge on any atom is 0.306 e. The van der Waals surface area contributed by atoms with Gasteiger partial charge in [-0.15, -0.1) is 0 Å². The zero-order valence-corrected chi connectivity index (χ0v) is 43.7. The Balaban J connectivity index is 4.42. The summed E-state index contributed by atoms with van der Waals surface area (Å²) in [6.07, 6.45) is 67.8. The van der Waals surface area contributed by atoms with Crippen LogP contribution in [0.1, 0.15) is 284 Å². The fourth-order valence-electron chi connectivity index (χ4n) is 8.02. The fourth-order valence-corrected chi connectivity index (χ4v) is 8.02. The second-order valence-corrected chi connectivity index (χ2v) is 18.8. The molecule has 0 N–H and O–H groups in total. The van der Waals surface area contributed by atoms with Crippen LogP contribution in [0.4, 0.5) is 0 Å². The first-order valence-corrected chi connectivity index (χ1v) is 28.3. The number of hydrogen-bond donors (Lipinski definition) is 0. The minimum absolute atomic E-state index is 0.0830. The molecule has 0 aromatic carbocycles. The molecule has 382 valence electrons. The topological polar surface area (TPSA) is 78.9 Å². The fraction of sp³-hybridized carbons (Fsp3) is 0.783. The highest BCUT2D eigenvalue weighted by Gasteiger charge is 2.19. The molecule has 0 aromatic heterocycles. The molecule has 6 nitrogen and oxygen atoms in total. The molecule has 6 heteroatoms. The maximum absolute atomic E-state index is 12.8. The van der Waals surface area contributed by atoms with Crippen LogP contribution < -0.4 is 0 Å². The van der Waals surface area contributed by atoms with E-state index in [0.717, 1.165) is 109 Å². The van der Waals surface area contributed by atoms with E-state index in [-0.39, 0.29) is 31.1 Å². The van der Waals surface area contributed by atoms with Gasteiger partial charge >= 0.3 is 17.9 Å². The summed E-state index contributed by atoms with van der Waals surface area (Å²) in [4.78, 5) is 38.1. The van der Waals surface area contributed by atoms with Gasteiger partial charge in [0.15, 0.2) is 6.10 Å². The summed E-state index contributed by atoms with van der Waals surface area (Å²) in [7, 11) is 0. The van der Waals surface area contributed by atoms with Crippen molar-refractivity contribution in [1.82, 2.24) is 0 Å². The third-order valence-electron chi connectivity index (χ3n) is 12.3. The van der Waals surface area contributed by atoms with E-state index >= 15 is 0 Å². The molecule has 0 fully saturated rings. The van der Waals surface area contributed by atoms with E-state index in [2.05, 4.69) is 81.5 Å². The Morgan fingerprint density at radius 3 is 0.939 bits per heavy atom. The normalized spacial score (nSPS) is 12.5. The van der Waals surface area contributed by atoms with Gasteiger partial charge in [-0.25, -0.2) is 0 Å². The van der Waals surface area contributed by atoms with Crippen LogP contribution in [0.5, 0.6) is 0 Å². The second kappa shape index (κ2) is 54.7. The minimum Gasteiger partial charge on any atom is -0.462 e. The number of carbonyl (C=O) groups excluding carboxylic acids is 3. The van der Waals surface area contributed by atoms with Gasteiger partial charge < -0.3 is 14.2 Å². The van der Waals surface area contributed by atoms with E-state index in [0.29, 0.717) is 19.3 Å². The number of allylic oxidation sites excluding steroid dienone is 10. The lowest BCUT2D eigenvalue weighted by atomic mass is 10.0. The van der Waals surface area contributed by atoms with Crippen molar-refractivity contribution in [1.29, 1.82) is 0 Å². The van der Waals surface area contributed by atoms with Crippen LogP contribution >= 0.6 is 0 Å². The van der Waals surface area contributed by atoms with E-state index in [9.17, 15) is 14.4 Å². The Labute approximate surface area is 409 Å². The van der Waals surface area contributed by atoms with Gasteiger partial charge in [-0.3, -0.25) is 14.4 Å². The van der Waals surface area contributed by atoms with Gasteiger partial charge in [0.25, 0.3) is 0 Å². The van der Waals surface area contributed by atoms with E-state index in [1.165, 1.54) is 135 Å². The predicted octanol–water partition coefficient (Wildman–Crippen LogP) is 18.8. The van der Waals surface area contributed by atoms with Crippen LogP contribution in [0.3, 0.4) is 0 Å². The number of esters is 3. The molecule has 0 spiro atoms. The molecule has 0 amide bonds. The van der Waals surface area contributed by atoms with Crippen LogP contribution in [0.2, 0.25) is 0 Å². The molecule has 1 atom stereocenters. The number of carbonyl (C=O) groups is 3. The maximum atomic E-state index is 12.8. The zero-order valence-electron chi connectivity index (χ0n) is 43.7. The van der Waals surface area contributed by atoms with Crippen LogP contribution in [-0.4, -0.2) is 37.2 Å². The Kier molecular flexibility index (Phi) is 52.3. The van der Waals surface area contributed by atoms with Crippen molar-refractivity contribution in [2.75, 3.05) is 13.2 Å². The van der Waals surface area contributed by atoms with Gasteiger partial charge in [-0.2, -0.15) is 0 Å². The van der Waals surface area contributed by atoms with E-state index in [4.69, 9.17) is 14.2 Å². The number of unbranched alkanes of at least 4 members (excludes halogenated alkanes) is 30. The molecule has 0 aromatic rings. The summed E-state index contributed by atoms with van der Waals surface area (Å²) < 4.78 is 16.8. The summed E-state index contributed by atoms with van der Waals surface area (Å²) in [6.45, 7) is 6.52. The lowest BCUT2D eigenvalue weighted by Gasteiger charge is -2.18. The quantitative estimate of drug-likeness (QED) is 0.0262. The van der Waals surface area contributed by atoms with Crippen molar-refractivity contribution in [2.24, 2.45) is 0 Å². The van der Waals surface area contributed by atoms with E-state index in [1.54, 1.807) is 0 Å². The zero-order chi connectivity index (χ0) is 47.9. The standard InChI is InChI=1S/C60H106O6/c1-4-7-10-13-16-19-22-25-28-30-33-35-38-41-44-47-50-53-59(62)65-56-57(55-64-58(61)52-49-46-43-40-37-34-31-27-24-21-18-15-12-9-6-3)66-60(63)54-51-48-45-42-39-36-32-29-26-23-20-17-14-11-8-5-2/h7,10,16,19,25,28-29,32-33,35,57H,4-6,8-9,11-15,17-18,20-24,26-27,30-31,34,36-56H2,1-3H3/b10-7-,19-16-,28-25-,32-29-,35-33-. The lowest BCUT2D eigenvalue weighted by Crippen LogP contribution is -2.30. The molecule has 0 aliphatic rings. The number of hydrogen-bond acceptors (Lipinski definition) is 6. The van der Waals surface area contributed by atoms with Crippen molar-refractivity contribution < 1.29 is 28.6 Å². The third kappa shape index (κ3) is 52.1. The monoisotopic (exact) mass is 923 g/mol. The van der Waals surface area contributed by atoms with Crippen LogP contribution in [-0.2, 0) is 28.6 Å². The molecule has 0 saturated carbocycles. The Morgan fingerprint density at radius 2 is 0.591 bits per heavy atom. The first-order chi connectivity index (χ1) is 32.5. The summed E-state index contributed by atoms with van der Waals surface area (Å²) in [5, 5.41) is 0. The smallest absolute Gasteiger partial charge is 0.306 e. The Hall–Kier alpha value is -2.89. The molecule has 0 rings (SSSR count). The summed E-state index contributed by atoms with van der Waals surface area (Å²) >= 11 is 0. The summed E-state index contributed by atoms with van der Waals surface area (Å²) in [5.74, 6) is -0.905. The van der Waals surface area contributed by atoms with E-state index in [1.807, 2.05) is 0 Å². The van der Waals surface area contributed by atoms with Gasteiger partial charge in [0, 0.05) is 19.3 Å². The SMILES string of the molecule is CC/C=C\C/C=C\C/C=C\C/C=C\CCCCCCC(=O)OCC(COC(=O)CCCCCCCCCCCCCCCCC)OC(=O)CCCCCCC/C=C\CCCCCCCCC. The highest BCUT2D eigenvalue weighted by atomic mass is 16.6. The van der Waals surface area contributed by atoms with Crippen LogP contribution in [0.25, 0.3) is 0 Å². The molecule has 0 bridgehead atoms. The average Bonchev–Trinajstić information content (AvgIpc) is 3.31. The molecule has 0 aliphatic heterocycles. The first kappa shape index (κ1) is 63.1. The van der Waals surface area contributed by atoms with Gasteiger partial charge in [0.2, 0.25) is 0 Å². The molecule has 0 heterocycles. The predicted molar refractivity (Wildman–Crippen MR) is 284 cm³/mol. The molecular formula is C60H106O6. The van der Waals surface area contributed by atoms with Crippen molar-refractivity contribution in [3.8, 4) is 0 Å². The Bertz CT molecular complexity index is 1200. The Morgan fingerprint density at radius 1 is 0.318 bits per heavy atom. The van der Waals surface area contributed by atoms with E-state index < -0.39 is 6.10 Å². The molecule has 0 radical (unpaired) electrons. The molecule has 0 aliphatic carbocycles. The van der Waals surface area contributed by atoms with Gasteiger partial charge in [0.05, 0.1) is 0 Å². The van der Waals surface area contributed by atoms with Crippen molar-refractivity contribution in [2.45, 2.75) is 290 Å².